The second-order valence-corrected chi connectivity index (χ2v) is 10.5. The van der Waals surface area contributed by atoms with Crippen molar-refractivity contribution in [3.63, 3.8) is 0 Å². The van der Waals surface area contributed by atoms with Crippen molar-refractivity contribution < 1.29 is 0 Å². The van der Waals surface area contributed by atoms with E-state index in [-0.39, 0.29) is 0 Å². The average Bonchev–Trinajstić information content (AvgIpc) is 2.90. The van der Waals surface area contributed by atoms with Gasteiger partial charge in [0.2, 0.25) is 0 Å². The lowest BCUT2D eigenvalue weighted by atomic mass is 9.77. The molecule has 0 unspecified atom stereocenters. The van der Waals surface area contributed by atoms with Gasteiger partial charge in [-0.3, -0.25) is 0 Å². The number of unbranched alkanes of at least 4 members (excludes halogenated alkanes) is 2. The summed E-state index contributed by atoms with van der Waals surface area (Å²) in [6.45, 7) is 6.87. The summed E-state index contributed by atoms with van der Waals surface area (Å²) in [5, 5.41) is 0. The molecular formula is C34H44. The number of rotatable bonds is 10. The average molecular weight is 453 g/mol. The number of benzene rings is 3. The fraction of sp³-hybridized carbons (Fsp3) is 0.471. The van der Waals surface area contributed by atoms with Gasteiger partial charge in [0.25, 0.3) is 0 Å². The fourth-order valence-electron chi connectivity index (χ4n) is 5.92. The molecule has 0 bridgehead atoms. The van der Waals surface area contributed by atoms with Crippen LogP contribution in [-0.2, 0) is 12.8 Å². The van der Waals surface area contributed by atoms with Crippen molar-refractivity contribution in [2.45, 2.75) is 97.3 Å². The Morgan fingerprint density at radius 3 is 1.97 bits per heavy atom. The molecule has 4 rings (SSSR count). The van der Waals surface area contributed by atoms with Crippen molar-refractivity contribution in [3.8, 4) is 22.3 Å². The number of aryl methyl sites for hydroxylation is 2. The van der Waals surface area contributed by atoms with E-state index in [1.807, 2.05) is 0 Å². The molecule has 0 nitrogen and oxygen atoms in total. The third-order valence-corrected chi connectivity index (χ3v) is 8.08. The van der Waals surface area contributed by atoms with Crippen molar-refractivity contribution in [1.82, 2.24) is 0 Å². The van der Waals surface area contributed by atoms with Crippen LogP contribution in [0.1, 0.15) is 101 Å². The Bertz CT molecular complexity index is 1000. The van der Waals surface area contributed by atoms with Gasteiger partial charge < -0.3 is 0 Å². The van der Waals surface area contributed by atoms with Crippen LogP contribution in [0.4, 0.5) is 0 Å². The van der Waals surface area contributed by atoms with Crippen LogP contribution >= 0.6 is 0 Å². The Kier molecular flexibility index (Phi) is 9.03. The Labute approximate surface area is 208 Å². The van der Waals surface area contributed by atoms with Crippen LogP contribution in [0.15, 0.2) is 66.7 Å². The molecule has 0 aromatic heterocycles. The maximum atomic E-state index is 2.41. The summed E-state index contributed by atoms with van der Waals surface area (Å²) < 4.78 is 0. The van der Waals surface area contributed by atoms with Gasteiger partial charge in [-0.2, -0.15) is 0 Å². The predicted molar refractivity (Wildman–Crippen MR) is 150 cm³/mol. The van der Waals surface area contributed by atoms with Gasteiger partial charge in [0.1, 0.15) is 0 Å². The van der Waals surface area contributed by atoms with E-state index < -0.39 is 0 Å². The lowest BCUT2D eigenvalue weighted by molar-refractivity contribution is 0.308. The molecule has 1 fully saturated rings. The summed E-state index contributed by atoms with van der Waals surface area (Å²) in [6.07, 6.45) is 14.5. The zero-order valence-corrected chi connectivity index (χ0v) is 21.8. The highest BCUT2D eigenvalue weighted by atomic mass is 14.3. The van der Waals surface area contributed by atoms with Crippen molar-refractivity contribution in [3.05, 3.63) is 83.4 Å². The Hall–Kier alpha value is -2.34. The van der Waals surface area contributed by atoms with Gasteiger partial charge in [-0.25, -0.2) is 0 Å². The van der Waals surface area contributed by atoms with Crippen LogP contribution in [-0.4, -0.2) is 0 Å². The van der Waals surface area contributed by atoms with Crippen LogP contribution < -0.4 is 0 Å². The molecule has 0 atom stereocenters. The van der Waals surface area contributed by atoms with E-state index in [2.05, 4.69) is 87.5 Å². The predicted octanol–water partition coefficient (Wildman–Crippen LogP) is 10.4. The first-order chi connectivity index (χ1) is 16.7. The van der Waals surface area contributed by atoms with Gasteiger partial charge in [0.05, 0.1) is 0 Å². The molecule has 0 N–H and O–H groups in total. The zero-order valence-electron chi connectivity index (χ0n) is 21.8. The molecule has 34 heavy (non-hydrogen) atoms. The second-order valence-electron chi connectivity index (χ2n) is 10.5. The fourth-order valence-corrected chi connectivity index (χ4v) is 5.92. The van der Waals surface area contributed by atoms with Crippen LogP contribution in [0.25, 0.3) is 22.3 Å². The zero-order chi connectivity index (χ0) is 23.8. The van der Waals surface area contributed by atoms with Crippen LogP contribution in [0, 0.1) is 5.92 Å². The van der Waals surface area contributed by atoms with Crippen molar-refractivity contribution in [2.24, 2.45) is 5.92 Å². The molecular weight excluding hydrogens is 408 g/mol. The van der Waals surface area contributed by atoms with E-state index in [1.165, 1.54) is 97.6 Å². The second kappa shape index (κ2) is 12.4. The standard InChI is InChI=1S/C34H44/c1-4-7-8-10-27-13-17-32(18-14-27)34-24-23-33(25-28(34)6-3)31-21-19-30(20-22-31)29-15-11-26(9-5-2)12-16-29/h13-14,17-26,29H,4-12,15-16H2,1-3H3. The van der Waals surface area contributed by atoms with Gasteiger partial charge in [-0.05, 0) is 95.7 Å². The summed E-state index contributed by atoms with van der Waals surface area (Å²) in [7, 11) is 0. The molecule has 3 aromatic rings. The molecule has 1 saturated carbocycles. The summed E-state index contributed by atoms with van der Waals surface area (Å²) in [4.78, 5) is 0. The van der Waals surface area contributed by atoms with Crippen molar-refractivity contribution >= 4 is 0 Å². The topological polar surface area (TPSA) is 0 Å². The lowest BCUT2D eigenvalue weighted by Gasteiger charge is -2.28. The minimum Gasteiger partial charge on any atom is -0.0654 e. The van der Waals surface area contributed by atoms with E-state index in [9.17, 15) is 0 Å². The van der Waals surface area contributed by atoms with E-state index in [1.54, 1.807) is 5.56 Å². The third-order valence-electron chi connectivity index (χ3n) is 8.08. The van der Waals surface area contributed by atoms with Crippen molar-refractivity contribution in [2.75, 3.05) is 0 Å². The summed E-state index contributed by atoms with van der Waals surface area (Å²) in [6, 6.07) is 25.9. The molecule has 0 heteroatoms. The van der Waals surface area contributed by atoms with Gasteiger partial charge >= 0.3 is 0 Å². The summed E-state index contributed by atoms with van der Waals surface area (Å²) in [5.41, 5.74) is 9.86. The van der Waals surface area contributed by atoms with E-state index in [0.29, 0.717) is 0 Å². The molecule has 1 aliphatic rings. The molecule has 0 aliphatic heterocycles. The summed E-state index contributed by atoms with van der Waals surface area (Å²) >= 11 is 0. The molecule has 0 spiro atoms. The quantitative estimate of drug-likeness (QED) is 0.268. The molecule has 3 aromatic carbocycles. The SMILES string of the molecule is CCCCCc1ccc(-c2ccc(-c3ccc(C4CCC(CCC)CC4)cc3)cc2CC)cc1. The van der Waals surface area contributed by atoms with Gasteiger partial charge in [0.15, 0.2) is 0 Å². The smallest absolute Gasteiger partial charge is 0.0152 e. The third kappa shape index (κ3) is 6.21. The highest BCUT2D eigenvalue weighted by molar-refractivity contribution is 5.74. The van der Waals surface area contributed by atoms with E-state index in [0.717, 1.165) is 18.3 Å². The van der Waals surface area contributed by atoms with Gasteiger partial charge in [-0.15, -0.1) is 0 Å². The minimum absolute atomic E-state index is 0.765. The van der Waals surface area contributed by atoms with Crippen molar-refractivity contribution in [1.29, 1.82) is 0 Å². The van der Waals surface area contributed by atoms with Gasteiger partial charge in [0, 0.05) is 0 Å². The molecule has 0 radical (unpaired) electrons. The van der Waals surface area contributed by atoms with Gasteiger partial charge in [-0.1, -0.05) is 113 Å². The Morgan fingerprint density at radius 1 is 0.647 bits per heavy atom. The molecule has 0 saturated heterocycles. The normalized spacial score (nSPS) is 18.2. The monoisotopic (exact) mass is 452 g/mol. The van der Waals surface area contributed by atoms with Crippen LogP contribution in [0.3, 0.4) is 0 Å². The minimum atomic E-state index is 0.765. The number of hydrogen-bond acceptors (Lipinski definition) is 0. The first-order valence-electron chi connectivity index (χ1n) is 14.0. The lowest BCUT2D eigenvalue weighted by Crippen LogP contribution is -2.13. The Balaban J connectivity index is 1.45. The largest absolute Gasteiger partial charge is 0.0654 e. The maximum Gasteiger partial charge on any atom is -0.0152 e. The van der Waals surface area contributed by atoms with Crippen LogP contribution in [0.2, 0.25) is 0 Å². The van der Waals surface area contributed by atoms with E-state index in [4.69, 9.17) is 0 Å². The molecule has 180 valence electrons. The maximum absolute atomic E-state index is 2.41. The molecule has 0 amide bonds. The first-order valence-corrected chi connectivity index (χ1v) is 14.0. The molecule has 0 heterocycles. The number of hydrogen-bond donors (Lipinski definition) is 0. The summed E-state index contributed by atoms with van der Waals surface area (Å²) in [5.74, 6) is 1.74. The highest BCUT2D eigenvalue weighted by Crippen LogP contribution is 2.38. The highest BCUT2D eigenvalue weighted by Gasteiger charge is 2.21. The van der Waals surface area contributed by atoms with E-state index >= 15 is 0 Å². The molecule has 1 aliphatic carbocycles. The van der Waals surface area contributed by atoms with Crippen LogP contribution in [0.5, 0.6) is 0 Å². The first kappa shape index (κ1) is 24.8. The Morgan fingerprint density at radius 2 is 1.32 bits per heavy atom.